The SMILES string of the molecule is O=C(Nc1cccnc1)c1cccc(CN2CCCCC2c2cccnc2)c1. The van der Waals surface area contributed by atoms with E-state index >= 15 is 0 Å². The summed E-state index contributed by atoms with van der Waals surface area (Å²) in [5, 5.41) is 2.90. The topological polar surface area (TPSA) is 58.1 Å². The van der Waals surface area contributed by atoms with Gasteiger partial charge >= 0.3 is 0 Å². The molecule has 1 saturated heterocycles. The fourth-order valence-corrected chi connectivity index (χ4v) is 3.82. The maximum atomic E-state index is 12.6. The second-order valence-corrected chi connectivity index (χ2v) is 7.16. The number of nitrogens with zero attached hydrogens (tertiary/aromatic N) is 3. The smallest absolute Gasteiger partial charge is 0.255 e. The van der Waals surface area contributed by atoms with Gasteiger partial charge in [-0.15, -0.1) is 0 Å². The lowest BCUT2D eigenvalue weighted by Gasteiger charge is -2.36. The van der Waals surface area contributed by atoms with Gasteiger partial charge in [0.2, 0.25) is 0 Å². The minimum Gasteiger partial charge on any atom is -0.321 e. The first-order valence-corrected chi connectivity index (χ1v) is 9.74. The van der Waals surface area contributed by atoms with Gasteiger partial charge in [-0.2, -0.15) is 0 Å². The molecular weight excluding hydrogens is 348 g/mol. The molecule has 1 fully saturated rings. The largest absolute Gasteiger partial charge is 0.321 e. The molecule has 1 unspecified atom stereocenters. The molecule has 1 N–H and O–H groups in total. The van der Waals surface area contributed by atoms with Crippen LogP contribution in [0.15, 0.2) is 73.3 Å². The van der Waals surface area contributed by atoms with Gasteiger partial charge in [0, 0.05) is 36.7 Å². The number of aromatic nitrogens is 2. The van der Waals surface area contributed by atoms with Crippen LogP contribution in [0.5, 0.6) is 0 Å². The van der Waals surface area contributed by atoms with Gasteiger partial charge in [0.1, 0.15) is 0 Å². The Morgan fingerprint density at radius 3 is 2.68 bits per heavy atom. The Bertz CT molecular complexity index is 914. The van der Waals surface area contributed by atoms with Crippen LogP contribution >= 0.6 is 0 Å². The van der Waals surface area contributed by atoms with Gasteiger partial charge < -0.3 is 5.32 Å². The third kappa shape index (κ3) is 4.43. The van der Waals surface area contributed by atoms with Gasteiger partial charge in [0.15, 0.2) is 0 Å². The fourth-order valence-electron chi connectivity index (χ4n) is 3.82. The van der Waals surface area contributed by atoms with Crippen LogP contribution in [0, 0.1) is 0 Å². The van der Waals surface area contributed by atoms with Crippen molar-refractivity contribution in [1.29, 1.82) is 0 Å². The molecule has 4 rings (SSSR count). The van der Waals surface area contributed by atoms with E-state index in [0.717, 1.165) is 25.1 Å². The first kappa shape index (κ1) is 18.3. The van der Waals surface area contributed by atoms with Crippen molar-refractivity contribution in [2.24, 2.45) is 0 Å². The molecule has 0 spiro atoms. The number of anilines is 1. The van der Waals surface area contributed by atoms with E-state index in [4.69, 9.17) is 0 Å². The Kier molecular flexibility index (Phi) is 5.73. The van der Waals surface area contributed by atoms with Crippen LogP contribution in [0.4, 0.5) is 5.69 Å². The van der Waals surface area contributed by atoms with Crippen molar-refractivity contribution >= 4 is 11.6 Å². The van der Waals surface area contributed by atoms with E-state index in [2.05, 4.69) is 32.3 Å². The summed E-state index contributed by atoms with van der Waals surface area (Å²) in [5.41, 5.74) is 3.78. The Hall–Kier alpha value is -3.05. The van der Waals surface area contributed by atoms with E-state index in [9.17, 15) is 4.79 Å². The van der Waals surface area contributed by atoms with E-state index in [1.165, 1.54) is 18.4 Å². The summed E-state index contributed by atoms with van der Waals surface area (Å²) in [6.07, 6.45) is 10.7. The highest BCUT2D eigenvalue weighted by atomic mass is 16.1. The summed E-state index contributed by atoms with van der Waals surface area (Å²) in [4.78, 5) is 23.4. The predicted molar refractivity (Wildman–Crippen MR) is 110 cm³/mol. The van der Waals surface area contributed by atoms with Gasteiger partial charge in [0.05, 0.1) is 11.9 Å². The molecular formula is C23H24N4O. The third-order valence-electron chi connectivity index (χ3n) is 5.18. The molecule has 2 aromatic heterocycles. The number of benzene rings is 1. The summed E-state index contributed by atoms with van der Waals surface area (Å²) < 4.78 is 0. The summed E-state index contributed by atoms with van der Waals surface area (Å²) in [5.74, 6) is -0.114. The van der Waals surface area contributed by atoms with Crippen LogP contribution in [-0.4, -0.2) is 27.3 Å². The zero-order valence-electron chi connectivity index (χ0n) is 15.8. The van der Waals surface area contributed by atoms with Crippen molar-refractivity contribution < 1.29 is 4.79 Å². The highest BCUT2D eigenvalue weighted by Crippen LogP contribution is 2.31. The van der Waals surface area contributed by atoms with Crippen LogP contribution in [-0.2, 0) is 6.54 Å². The van der Waals surface area contributed by atoms with Crippen molar-refractivity contribution in [3.63, 3.8) is 0 Å². The summed E-state index contributed by atoms with van der Waals surface area (Å²) in [6, 6.07) is 16.1. The molecule has 3 heterocycles. The zero-order valence-corrected chi connectivity index (χ0v) is 15.8. The maximum absolute atomic E-state index is 12.6. The molecule has 1 aliphatic heterocycles. The molecule has 1 amide bonds. The number of piperidine rings is 1. The highest BCUT2D eigenvalue weighted by molar-refractivity contribution is 6.04. The van der Waals surface area contributed by atoms with Crippen LogP contribution < -0.4 is 5.32 Å². The minimum atomic E-state index is -0.114. The van der Waals surface area contributed by atoms with Gasteiger partial charge in [-0.3, -0.25) is 19.7 Å². The van der Waals surface area contributed by atoms with Gasteiger partial charge in [-0.1, -0.05) is 24.6 Å². The number of rotatable bonds is 5. The molecule has 28 heavy (non-hydrogen) atoms. The van der Waals surface area contributed by atoms with Crippen LogP contribution in [0.3, 0.4) is 0 Å². The Balaban J connectivity index is 1.48. The second-order valence-electron chi connectivity index (χ2n) is 7.16. The molecule has 1 atom stereocenters. The molecule has 0 bridgehead atoms. The van der Waals surface area contributed by atoms with Gasteiger partial charge in [0.25, 0.3) is 5.91 Å². The number of pyridine rings is 2. The van der Waals surface area contributed by atoms with E-state index in [1.54, 1.807) is 18.5 Å². The van der Waals surface area contributed by atoms with E-state index in [0.29, 0.717) is 17.3 Å². The third-order valence-corrected chi connectivity index (χ3v) is 5.18. The van der Waals surface area contributed by atoms with Gasteiger partial charge in [-0.25, -0.2) is 0 Å². The van der Waals surface area contributed by atoms with Crippen LogP contribution in [0.1, 0.15) is 46.8 Å². The molecule has 3 aromatic rings. The normalized spacial score (nSPS) is 17.2. The molecule has 5 heteroatoms. The summed E-state index contributed by atoms with van der Waals surface area (Å²) in [7, 11) is 0. The fraction of sp³-hybridized carbons (Fsp3) is 0.261. The van der Waals surface area contributed by atoms with Crippen molar-refractivity contribution in [2.75, 3.05) is 11.9 Å². The average Bonchev–Trinajstić information content (AvgIpc) is 2.76. The number of amides is 1. The summed E-state index contributed by atoms with van der Waals surface area (Å²) >= 11 is 0. The van der Waals surface area contributed by atoms with Crippen molar-refractivity contribution in [3.8, 4) is 0 Å². The Morgan fingerprint density at radius 1 is 1.04 bits per heavy atom. The quantitative estimate of drug-likeness (QED) is 0.719. The molecule has 0 aliphatic carbocycles. The van der Waals surface area contributed by atoms with Crippen molar-refractivity contribution in [1.82, 2.24) is 14.9 Å². The van der Waals surface area contributed by atoms with E-state index < -0.39 is 0 Å². The lowest BCUT2D eigenvalue weighted by atomic mass is 9.95. The first-order valence-electron chi connectivity index (χ1n) is 9.74. The number of carbonyl (C=O) groups is 1. The molecule has 1 aromatic carbocycles. The number of nitrogens with one attached hydrogen (secondary N) is 1. The Labute approximate surface area is 165 Å². The lowest BCUT2D eigenvalue weighted by molar-refractivity contribution is 0.102. The van der Waals surface area contributed by atoms with E-state index in [-0.39, 0.29) is 5.91 Å². The number of carbonyl (C=O) groups excluding carboxylic acids is 1. The zero-order chi connectivity index (χ0) is 19.2. The summed E-state index contributed by atoms with van der Waals surface area (Å²) in [6.45, 7) is 1.89. The molecule has 142 valence electrons. The number of hydrogen-bond donors (Lipinski definition) is 1. The average molecular weight is 372 g/mol. The van der Waals surface area contributed by atoms with Crippen LogP contribution in [0.2, 0.25) is 0 Å². The Morgan fingerprint density at radius 2 is 1.89 bits per heavy atom. The van der Waals surface area contributed by atoms with E-state index in [1.807, 2.05) is 42.7 Å². The number of hydrogen-bond acceptors (Lipinski definition) is 4. The standard InChI is InChI=1S/C23H24N4O/c28-23(26-21-9-5-12-25-16-21)19-7-3-6-18(14-19)17-27-13-2-1-10-22(27)20-8-4-11-24-15-20/h3-9,11-12,14-16,22H,1-2,10,13,17H2,(H,26,28). The second kappa shape index (κ2) is 8.76. The van der Waals surface area contributed by atoms with Gasteiger partial charge in [-0.05, 0) is 60.8 Å². The van der Waals surface area contributed by atoms with Crippen molar-refractivity contribution in [2.45, 2.75) is 31.8 Å². The minimum absolute atomic E-state index is 0.114. The molecule has 5 nitrogen and oxygen atoms in total. The molecule has 0 radical (unpaired) electrons. The predicted octanol–water partition coefficient (Wildman–Crippen LogP) is 4.46. The monoisotopic (exact) mass is 372 g/mol. The van der Waals surface area contributed by atoms with Crippen molar-refractivity contribution in [3.05, 3.63) is 90.0 Å². The van der Waals surface area contributed by atoms with Crippen LogP contribution in [0.25, 0.3) is 0 Å². The molecule has 1 aliphatic rings. The lowest BCUT2D eigenvalue weighted by Crippen LogP contribution is -2.33. The first-order chi connectivity index (χ1) is 13.8. The molecule has 0 saturated carbocycles. The highest BCUT2D eigenvalue weighted by Gasteiger charge is 2.24. The number of likely N-dealkylation sites (tertiary alicyclic amines) is 1. The maximum Gasteiger partial charge on any atom is 0.255 e.